The lowest BCUT2D eigenvalue weighted by molar-refractivity contribution is -0.175. The normalized spacial score (nSPS) is 11.5. The Bertz CT molecular complexity index is 211. The molecule has 0 saturated carbocycles. The number of halogens is 3. The van der Waals surface area contributed by atoms with Crippen LogP contribution >= 0.6 is 0 Å². The molecular weight excluding hydrogens is 243 g/mol. The van der Waals surface area contributed by atoms with E-state index in [2.05, 4.69) is 10.1 Å². The molecule has 0 aromatic rings. The summed E-state index contributed by atoms with van der Waals surface area (Å²) in [6.45, 7) is -1.23. The summed E-state index contributed by atoms with van der Waals surface area (Å²) in [5, 5.41) is 10.7. The molecule has 0 aliphatic carbocycles. The molecule has 0 radical (unpaired) electrons. The highest BCUT2D eigenvalue weighted by atomic mass is 19.4. The number of alkyl halides is 3. The second-order valence-electron chi connectivity index (χ2n) is 3.15. The molecule has 0 bridgehead atoms. The van der Waals surface area contributed by atoms with E-state index < -0.39 is 25.3 Å². The number of carbonyl (C=O) groups excluding carboxylic acids is 1. The SMILES string of the molecule is O=C(COCC(F)(F)F)NCCCOCCO. The van der Waals surface area contributed by atoms with Gasteiger partial charge in [0.2, 0.25) is 5.91 Å². The quantitative estimate of drug-likeness (QED) is 0.575. The van der Waals surface area contributed by atoms with Crippen molar-refractivity contribution in [3.63, 3.8) is 0 Å². The number of rotatable bonds is 9. The molecular formula is C9H16F3NO4. The van der Waals surface area contributed by atoms with Crippen LogP contribution in [-0.4, -0.2) is 56.8 Å². The Balaban J connectivity index is 3.29. The van der Waals surface area contributed by atoms with Gasteiger partial charge in [-0.15, -0.1) is 0 Å². The van der Waals surface area contributed by atoms with E-state index in [4.69, 9.17) is 9.84 Å². The molecule has 0 aliphatic heterocycles. The summed E-state index contributed by atoms with van der Waals surface area (Å²) >= 11 is 0. The van der Waals surface area contributed by atoms with Crippen LogP contribution in [0.3, 0.4) is 0 Å². The molecule has 102 valence electrons. The first-order valence-electron chi connectivity index (χ1n) is 5.05. The Labute approximate surface area is 96.9 Å². The molecule has 0 aliphatic rings. The van der Waals surface area contributed by atoms with Crippen LogP contribution < -0.4 is 5.32 Å². The highest BCUT2D eigenvalue weighted by molar-refractivity contribution is 5.77. The van der Waals surface area contributed by atoms with Gasteiger partial charge in [0.1, 0.15) is 13.2 Å². The molecule has 0 rings (SSSR count). The number of hydrogen-bond donors (Lipinski definition) is 2. The van der Waals surface area contributed by atoms with Crippen molar-refractivity contribution in [3.8, 4) is 0 Å². The standard InChI is InChI=1S/C9H16F3NO4/c10-9(11,12)7-17-6-8(15)13-2-1-4-16-5-3-14/h14H,1-7H2,(H,13,15). The summed E-state index contributed by atoms with van der Waals surface area (Å²) in [6.07, 6.45) is -3.90. The Morgan fingerprint density at radius 3 is 2.53 bits per heavy atom. The van der Waals surface area contributed by atoms with E-state index >= 15 is 0 Å². The van der Waals surface area contributed by atoms with Crippen molar-refractivity contribution in [1.29, 1.82) is 0 Å². The molecule has 0 atom stereocenters. The number of nitrogens with one attached hydrogen (secondary N) is 1. The topological polar surface area (TPSA) is 67.8 Å². The van der Waals surface area contributed by atoms with Gasteiger partial charge in [0.25, 0.3) is 0 Å². The van der Waals surface area contributed by atoms with Gasteiger partial charge < -0.3 is 19.9 Å². The van der Waals surface area contributed by atoms with Crippen LogP contribution in [0.4, 0.5) is 13.2 Å². The third-order valence-corrected chi connectivity index (χ3v) is 1.52. The van der Waals surface area contributed by atoms with Crippen molar-refractivity contribution >= 4 is 5.91 Å². The fourth-order valence-corrected chi connectivity index (χ4v) is 0.879. The summed E-state index contributed by atoms with van der Waals surface area (Å²) < 4.78 is 44.0. The summed E-state index contributed by atoms with van der Waals surface area (Å²) in [7, 11) is 0. The molecule has 1 amide bonds. The fourth-order valence-electron chi connectivity index (χ4n) is 0.879. The predicted molar refractivity (Wildman–Crippen MR) is 52.4 cm³/mol. The van der Waals surface area contributed by atoms with Gasteiger partial charge in [-0.3, -0.25) is 4.79 Å². The average molecular weight is 259 g/mol. The van der Waals surface area contributed by atoms with Gasteiger partial charge in [0, 0.05) is 13.2 Å². The molecule has 0 aromatic carbocycles. The number of amides is 1. The second kappa shape index (κ2) is 9.20. The third kappa shape index (κ3) is 13.1. The van der Waals surface area contributed by atoms with Gasteiger partial charge in [0.05, 0.1) is 13.2 Å². The molecule has 0 fully saturated rings. The third-order valence-electron chi connectivity index (χ3n) is 1.52. The van der Waals surface area contributed by atoms with Crippen LogP contribution in [0.15, 0.2) is 0 Å². The van der Waals surface area contributed by atoms with Gasteiger partial charge in [-0.05, 0) is 6.42 Å². The van der Waals surface area contributed by atoms with Crippen LogP contribution in [0.2, 0.25) is 0 Å². The van der Waals surface area contributed by atoms with E-state index in [0.29, 0.717) is 19.6 Å². The van der Waals surface area contributed by atoms with Crippen molar-refractivity contribution in [2.45, 2.75) is 12.6 Å². The lowest BCUT2D eigenvalue weighted by Crippen LogP contribution is -2.31. The van der Waals surface area contributed by atoms with E-state index in [-0.39, 0.29) is 13.2 Å². The number of hydrogen-bond acceptors (Lipinski definition) is 4. The molecule has 0 saturated heterocycles. The zero-order valence-corrected chi connectivity index (χ0v) is 9.26. The Morgan fingerprint density at radius 1 is 1.24 bits per heavy atom. The van der Waals surface area contributed by atoms with Crippen molar-refractivity contribution in [2.75, 3.05) is 39.6 Å². The van der Waals surface area contributed by atoms with E-state index in [1.165, 1.54) is 0 Å². The van der Waals surface area contributed by atoms with Gasteiger partial charge >= 0.3 is 6.18 Å². The molecule has 0 spiro atoms. The number of ether oxygens (including phenoxy) is 2. The predicted octanol–water partition coefficient (Wildman–Crippen LogP) is 0.0805. The first-order chi connectivity index (χ1) is 7.95. The van der Waals surface area contributed by atoms with Gasteiger partial charge in [-0.2, -0.15) is 13.2 Å². The maximum atomic E-state index is 11.6. The molecule has 0 unspecified atom stereocenters. The van der Waals surface area contributed by atoms with Gasteiger partial charge in [0.15, 0.2) is 0 Å². The highest BCUT2D eigenvalue weighted by Crippen LogP contribution is 2.13. The molecule has 0 heterocycles. The van der Waals surface area contributed by atoms with E-state index in [1.807, 2.05) is 0 Å². The fraction of sp³-hybridized carbons (Fsp3) is 0.889. The minimum atomic E-state index is -4.42. The second-order valence-corrected chi connectivity index (χ2v) is 3.15. The minimum absolute atomic E-state index is 0.0718. The smallest absolute Gasteiger partial charge is 0.394 e. The first-order valence-corrected chi connectivity index (χ1v) is 5.05. The van der Waals surface area contributed by atoms with Gasteiger partial charge in [-0.1, -0.05) is 0 Å². The molecule has 8 heteroatoms. The largest absolute Gasteiger partial charge is 0.411 e. The van der Waals surface area contributed by atoms with Gasteiger partial charge in [-0.25, -0.2) is 0 Å². The lowest BCUT2D eigenvalue weighted by Gasteiger charge is -2.08. The number of aliphatic hydroxyl groups is 1. The van der Waals surface area contributed by atoms with E-state index in [9.17, 15) is 18.0 Å². The molecule has 5 nitrogen and oxygen atoms in total. The summed E-state index contributed by atoms with van der Waals surface area (Å²) in [6, 6.07) is 0. The number of carbonyl (C=O) groups is 1. The van der Waals surface area contributed by atoms with Crippen molar-refractivity contribution in [3.05, 3.63) is 0 Å². The monoisotopic (exact) mass is 259 g/mol. The Morgan fingerprint density at radius 2 is 1.94 bits per heavy atom. The summed E-state index contributed by atoms with van der Waals surface area (Å²) in [4.78, 5) is 10.9. The Hall–Kier alpha value is -0.860. The van der Waals surface area contributed by atoms with Crippen LogP contribution in [0.5, 0.6) is 0 Å². The van der Waals surface area contributed by atoms with Crippen LogP contribution in [0.25, 0.3) is 0 Å². The first kappa shape index (κ1) is 16.1. The molecule has 2 N–H and O–H groups in total. The average Bonchev–Trinajstić information content (AvgIpc) is 2.21. The lowest BCUT2D eigenvalue weighted by atomic mass is 10.4. The van der Waals surface area contributed by atoms with Crippen molar-refractivity contribution < 1.29 is 32.5 Å². The zero-order valence-electron chi connectivity index (χ0n) is 9.26. The van der Waals surface area contributed by atoms with E-state index in [1.54, 1.807) is 0 Å². The van der Waals surface area contributed by atoms with E-state index in [0.717, 1.165) is 0 Å². The Kier molecular flexibility index (Phi) is 8.73. The zero-order chi connectivity index (χ0) is 13.1. The minimum Gasteiger partial charge on any atom is -0.394 e. The molecule has 17 heavy (non-hydrogen) atoms. The summed E-state index contributed by atoms with van der Waals surface area (Å²) in [5.74, 6) is -0.601. The van der Waals surface area contributed by atoms with Crippen molar-refractivity contribution in [1.82, 2.24) is 5.32 Å². The number of aliphatic hydroxyl groups excluding tert-OH is 1. The highest BCUT2D eigenvalue weighted by Gasteiger charge is 2.27. The summed E-state index contributed by atoms with van der Waals surface area (Å²) in [5.41, 5.74) is 0. The van der Waals surface area contributed by atoms with Crippen LogP contribution in [-0.2, 0) is 14.3 Å². The van der Waals surface area contributed by atoms with Crippen LogP contribution in [0, 0.1) is 0 Å². The maximum Gasteiger partial charge on any atom is 0.411 e. The van der Waals surface area contributed by atoms with Crippen LogP contribution in [0.1, 0.15) is 6.42 Å². The maximum absolute atomic E-state index is 11.6. The molecule has 0 aromatic heterocycles. The van der Waals surface area contributed by atoms with Crippen molar-refractivity contribution in [2.24, 2.45) is 0 Å².